The first-order chi connectivity index (χ1) is 54.4. The number of hydrogen-bond donors (Lipinski definition) is 0. The molecule has 16 aromatic carbocycles. The van der Waals surface area contributed by atoms with Gasteiger partial charge in [0.15, 0.2) is 0 Å². The van der Waals surface area contributed by atoms with Crippen LogP contribution in [0.2, 0.25) is 0 Å². The van der Waals surface area contributed by atoms with Crippen LogP contribution >= 0.6 is 11.3 Å². The molecule has 0 aliphatic carbocycles. The Morgan fingerprint density at radius 2 is 0.622 bits per heavy atom. The van der Waals surface area contributed by atoms with Crippen molar-refractivity contribution in [3.8, 4) is 61.6 Å². The molecule has 2 aliphatic heterocycles. The van der Waals surface area contributed by atoms with Crippen molar-refractivity contribution < 1.29 is 0 Å². The minimum Gasteiger partial charge on any atom is -0.310 e. The molecule has 111 heavy (non-hydrogen) atoms. The fourth-order valence-electron chi connectivity index (χ4n) is 18.8. The highest BCUT2D eigenvalue weighted by Gasteiger charge is 2.48. The van der Waals surface area contributed by atoms with Gasteiger partial charge in [0.25, 0.3) is 6.71 Å². The molecule has 0 unspecified atom stereocenters. The number of para-hydroxylation sites is 6. The Labute approximate surface area is 650 Å². The smallest absolute Gasteiger partial charge is 0.254 e. The lowest BCUT2D eigenvalue weighted by Gasteiger charge is -2.46. The Bertz CT molecular complexity index is 6920. The van der Waals surface area contributed by atoms with Gasteiger partial charge in [-0.2, -0.15) is 0 Å². The van der Waals surface area contributed by atoms with Gasteiger partial charge in [-0.05, 0) is 146 Å². The van der Waals surface area contributed by atoms with Crippen molar-refractivity contribution in [3.63, 3.8) is 0 Å². The predicted molar refractivity (Wildman–Crippen MR) is 476 cm³/mol. The first-order valence-corrected chi connectivity index (χ1v) is 39.7. The van der Waals surface area contributed by atoms with Gasteiger partial charge in [-0.1, -0.05) is 308 Å². The molecular weight excluding hydrogens is 1360 g/mol. The van der Waals surface area contributed by atoms with Crippen LogP contribution in [-0.4, -0.2) is 20.4 Å². The van der Waals surface area contributed by atoms with E-state index in [-0.39, 0.29) is 17.5 Å². The average Bonchev–Trinajstić information content (AvgIpc) is 1.66. The Kier molecular flexibility index (Phi) is 14.4. The van der Waals surface area contributed by atoms with Crippen LogP contribution in [0.5, 0.6) is 0 Å². The molecular formula is C104H76BN5S. The molecule has 20 aromatic rings. The zero-order valence-corrected chi connectivity index (χ0v) is 63.5. The van der Waals surface area contributed by atoms with Crippen LogP contribution in [0.3, 0.4) is 0 Å². The Morgan fingerprint density at radius 1 is 0.261 bits per heavy atom. The van der Waals surface area contributed by atoms with Crippen LogP contribution in [-0.2, 0) is 10.8 Å². The average molecular weight is 1440 g/mol. The predicted octanol–water partition coefficient (Wildman–Crippen LogP) is 26.7. The summed E-state index contributed by atoms with van der Waals surface area (Å²) in [6, 6.07) is 134. The van der Waals surface area contributed by atoms with E-state index in [1.807, 2.05) is 11.3 Å². The molecule has 0 N–H and O–H groups in total. The standard InChI is InChI=1S/C104H76BN5S/c1-103(2,3)69-53-57-89-82(59-69)83-60-70(104(4,5)6)54-58-90(83)107(89)72-62-93-98-94(63-72)110(101-75(67-35-15-9-16-36-67)46-30-47-76(101)68-37-17-10-18-38-68)95-64-92(108-87-50-26-21-41-79(87)80-42-22-27-51-88(80)108)97-81-43-23-28-52-96(81)111-102(97)99(95)105(98)84-56-55-71(106-85-48-24-19-39-77(85)78-40-20-25-49-86(78)106)61-91(84)109(93)100-73(65-31-11-7-12-32-65)44-29-45-74(100)66-33-13-8-14-34-66/h7-64H,1-6H3. The van der Waals surface area contributed by atoms with E-state index in [2.05, 4.69) is 417 Å². The summed E-state index contributed by atoms with van der Waals surface area (Å²) in [6.07, 6.45) is 0. The molecule has 7 heteroatoms. The molecule has 0 amide bonds. The second-order valence-corrected chi connectivity index (χ2v) is 33.3. The van der Waals surface area contributed by atoms with Crippen molar-refractivity contribution in [1.29, 1.82) is 0 Å². The third kappa shape index (κ3) is 9.88. The molecule has 0 saturated carbocycles. The molecule has 4 aromatic heterocycles. The number of anilines is 6. The van der Waals surface area contributed by atoms with Gasteiger partial charge in [0.05, 0.1) is 55.8 Å². The van der Waals surface area contributed by atoms with Crippen LogP contribution in [0.4, 0.5) is 34.1 Å². The number of aromatic nitrogens is 3. The second kappa shape index (κ2) is 24.7. The van der Waals surface area contributed by atoms with Crippen LogP contribution < -0.4 is 26.2 Å². The Balaban J connectivity index is 0.984. The van der Waals surface area contributed by atoms with Crippen LogP contribution in [0.15, 0.2) is 352 Å². The van der Waals surface area contributed by atoms with E-state index in [1.165, 1.54) is 80.0 Å². The number of rotatable bonds is 9. The molecule has 0 atom stereocenters. The van der Waals surface area contributed by atoms with Gasteiger partial charge in [-0.3, -0.25) is 0 Å². The fourth-order valence-corrected chi connectivity index (χ4v) is 20.1. The van der Waals surface area contributed by atoms with Crippen LogP contribution in [0, 0.1) is 0 Å². The molecule has 0 spiro atoms. The fraction of sp³-hybridized carbons (Fsp3) is 0.0769. The van der Waals surface area contributed by atoms with Crippen molar-refractivity contribution in [2.45, 2.75) is 52.4 Å². The van der Waals surface area contributed by atoms with E-state index in [0.29, 0.717) is 0 Å². The van der Waals surface area contributed by atoms with Crippen molar-refractivity contribution in [2.75, 3.05) is 9.80 Å². The van der Waals surface area contributed by atoms with E-state index in [0.717, 1.165) is 129 Å². The van der Waals surface area contributed by atoms with Crippen LogP contribution in [0.1, 0.15) is 52.7 Å². The number of thiophene rings is 1. The number of nitrogens with zero attached hydrogens (tertiary/aromatic N) is 5. The minimum absolute atomic E-state index is 0.113. The van der Waals surface area contributed by atoms with Crippen LogP contribution in [0.25, 0.3) is 147 Å². The summed E-state index contributed by atoms with van der Waals surface area (Å²) in [5.41, 5.74) is 31.9. The highest BCUT2D eigenvalue weighted by atomic mass is 32.1. The van der Waals surface area contributed by atoms with Gasteiger partial charge in [0.2, 0.25) is 0 Å². The lowest BCUT2D eigenvalue weighted by Crippen LogP contribution is -2.61. The summed E-state index contributed by atoms with van der Waals surface area (Å²) in [4.78, 5) is 5.50. The van der Waals surface area contributed by atoms with E-state index >= 15 is 0 Å². The maximum atomic E-state index is 2.76. The zero-order chi connectivity index (χ0) is 74.1. The highest BCUT2D eigenvalue weighted by Crippen LogP contribution is 2.56. The first kappa shape index (κ1) is 64.9. The molecule has 0 radical (unpaired) electrons. The van der Waals surface area contributed by atoms with Gasteiger partial charge in [0.1, 0.15) is 0 Å². The SMILES string of the molecule is CC(C)(C)c1ccc2c(c1)c1cc(C(C)(C)C)ccc1n2-c1cc2c3c(c1)N(c1c(-c4ccccc4)cccc1-c1ccccc1)c1cc(-n4c5ccccc5c5ccccc54)c4c(sc5ccccc54)c1B3c1ccc(-n3c4ccccc4c4ccccc43)cc1N2c1c(-c2ccccc2)cccc1-c1ccccc1. The molecule has 0 fully saturated rings. The number of hydrogen-bond acceptors (Lipinski definition) is 3. The maximum absolute atomic E-state index is 2.76. The third-order valence-electron chi connectivity index (χ3n) is 23.9. The van der Waals surface area contributed by atoms with Gasteiger partial charge in [-0.15, -0.1) is 11.3 Å². The van der Waals surface area contributed by atoms with Crippen molar-refractivity contribution in [2.24, 2.45) is 0 Å². The zero-order valence-electron chi connectivity index (χ0n) is 62.7. The topological polar surface area (TPSA) is 21.3 Å². The van der Waals surface area contributed by atoms with E-state index in [1.54, 1.807) is 0 Å². The summed E-state index contributed by atoms with van der Waals surface area (Å²) in [5.74, 6) is 0. The number of fused-ring (bicyclic) bond motifs is 17. The maximum Gasteiger partial charge on any atom is 0.254 e. The van der Waals surface area contributed by atoms with Gasteiger partial charge in [0, 0.05) is 103 Å². The van der Waals surface area contributed by atoms with Gasteiger partial charge < -0.3 is 23.5 Å². The normalized spacial score (nSPS) is 12.9. The summed E-state index contributed by atoms with van der Waals surface area (Å²) in [7, 11) is 0. The first-order valence-electron chi connectivity index (χ1n) is 38.8. The summed E-state index contributed by atoms with van der Waals surface area (Å²) >= 11 is 1.94. The third-order valence-corrected chi connectivity index (χ3v) is 25.1. The highest BCUT2D eigenvalue weighted by molar-refractivity contribution is 7.28. The largest absolute Gasteiger partial charge is 0.310 e. The summed E-state index contributed by atoms with van der Waals surface area (Å²) in [5, 5.41) is 9.82. The molecule has 2 aliphatic rings. The molecule has 526 valence electrons. The van der Waals surface area contributed by atoms with Gasteiger partial charge in [-0.25, -0.2) is 0 Å². The monoisotopic (exact) mass is 1440 g/mol. The molecule has 22 rings (SSSR count). The summed E-state index contributed by atoms with van der Waals surface area (Å²) in [6.45, 7) is 13.7. The number of benzene rings is 16. The quantitative estimate of drug-likeness (QED) is 0.134. The van der Waals surface area contributed by atoms with E-state index < -0.39 is 0 Å². The van der Waals surface area contributed by atoms with Crippen molar-refractivity contribution in [1.82, 2.24) is 13.7 Å². The lowest BCUT2D eigenvalue weighted by molar-refractivity contribution is 0.590. The van der Waals surface area contributed by atoms with Gasteiger partial charge >= 0.3 is 0 Å². The Morgan fingerprint density at radius 3 is 1.06 bits per heavy atom. The summed E-state index contributed by atoms with van der Waals surface area (Å²) < 4.78 is 10.2. The van der Waals surface area contributed by atoms with E-state index in [9.17, 15) is 0 Å². The molecule has 0 bridgehead atoms. The van der Waals surface area contributed by atoms with Crippen molar-refractivity contribution in [3.05, 3.63) is 363 Å². The molecule has 5 nitrogen and oxygen atoms in total. The minimum atomic E-state index is -0.341. The lowest BCUT2D eigenvalue weighted by atomic mass is 9.33. The molecule has 0 saturated heterocycles. The van der Waals surface area contributed by atoms with E-state index in [4.69, 9.17) is 0 Å². The molecule has 6 heterocycles. The Hall–Kier alpha value is -13.2. The van der Waals surface area contributed by atoms with Crippen molar-refractivity contribution >= 4 is 154 Å². The second-order valence-electron chi connectivity index (χ2n) is 32.3.